The Kier molecular flexibility index (Phi) is 7.63. The molecular formula is C23H15FO5. The van der Waals surface area contributed by atoms with Crippen LogP contribution in [0.2, 0.25) is 0 Å². The molecule has 0 aliphatic carbocycles. The minimum absolute atomic E-state index is 0.0607. The quantitative estimate of drug-likeness (QED) is 0.325. The van der Waals surface area contributed by atoms with Gasteiger partial charge in [0.25, 0.3) is 0 Å². The highest BCUT2D eigenvalue weighted by molar-refractivity contribution is 5.92. The highest BCUT2D eigenvalue weighted by Gasteiger charge is 2.12. The highest BCUT2D eigenvalue weighted by atomic mass is 19.1. The van der Waals surface area contributed by atoms with Gasteiger partial charge in [0.1, 0.15) is 0 Å². The van der Waals surface area contributed by atoms with Gasteiger partial charge in [-0.2, -0.15) is 0 Å². The van der Waals surface area contributed by atoms with Crippen molar-refractivity contribution < 1.29 is 28.2 Å². The molecule has 0 aromatic heterocycles. The molecule has 2 aromatic rings. The maximum atomic E-state index is 14.1. The molecule has 0 spiro atoms. The van der Waals surface area contributed by atoms with Crippen LogP contribution in [0.1, 0.15) is 27.9 Å². The number of hydrogen-bond donors (Lipinski definition) is 0. The van der Waals surface area contributed by atoms with E-state index in [1.807, 2.05) is 0 Å². The second kappa shape index (κ2) is 10.4. The highest BCUT2D eigenvalue weighted by Crippen LogP contribution is 2.20. The number of carbonyl (C=O) groups is 3. The number of halogens is 1. The summed E-state index contributed by atoms with van der Waals surface area (Å²) in [7, 11) is 4.69. The smallest absolute Gasteiger partial charge is 0.343 e. The van der Waals surface area contributed by atoms with Gasteiger partial charge in [-0.15, -0.1) is 0 Å². The maximum absolute atomic E-state index is 14.1. The lowest BCUT2D eigenvalue weighted by atomic mass is 10.1. The largest absolute Gasteiger partial charge is 0.451 e. The molecule has 0 saturated carbocycles. The molecule has 29 heavy (non-hydrogen) atoms. The molecular weight excluding hydrogens is 375 g/mol. The van der Waals surface area contributed by atoms with Crippen molar-refractivity contribution in [1.82, 2.24) is 0 Å². The Morgan fingerprint density at radius 2 is 1.86 bits per heavy atom. The molecule has 6 heteroatoms. The molecule has 0 aliphatic rings. The Labute approximate surface area is 167 Å². The van der Waals surface area contributed by atoms with Crippen LogP contribution >= 0.6 is 0 Å². The Morgan fingerprint density at radius 3 is 2.48 bits per heavy atom. The van der Waals surface area contributed by atoms with E-state index in [0.29, 0.717) is 11.1 Å². The molecule has 0 aliphatic heterocycles. The SMILES string of the molecule is [CH]OC(=O)/C=C/c1ccc(OC(=O)c2ccc(C#CCC(=O)C=C)cc2)c(F)c1. The van der Waals surface area contributed by atoms with E-state index in [1.54, 1.807) is 12.1 Å². The minimum Gasteiger partial charge on any atom is -0.451 e. The fraction of sp³-hybridized carbons (Fsp3) is 0.0435. The predicted molar refractivity (Wildman–Crippen MR) is 104 cm³/mol. The fourth-order valence-corrected chi connectivity index (χ4v) is 2.06. The van der Waals surface area contributed by atoms with Gasteiger partial charge >= 0.3 is 11.9 Å². The normalized spacial score (nSPS) is 10.0. The molecule has 144 valence electrons. The summed E-state index contributed by atoms with van der Waals surface area (Å²) in [6, 6.07) is 9.94. The topological polar surface area (TPSA) is 69.7 Å². The second-order valence-electron chi connectivity index (χ2n) is 5.58. The third-order valence-electron chi connectivity index (χ3n) is 3.53. The van der Waals surface area contributed by atoms with E-state index >= 15 is 0 Å². The molecule has 0 amide bonds. The van der Waals surface area contributed by atoms with E-state index in [9.17, 15) is 18.8 Å². The number of benzene rings is 2. The molecule has 2 aromatic carbocycles. The van der Waals surface area contributed by atoms with Gasteiger partial charge in [0, 0.05) is 11.6 Å². The summed E-state index contributed by atoms with van der Waals surface area (Å²) in [6.45, 7) is 3.36. The number of carbonyl (C=O) groups excluding carboxylic acids is 3. The Bertz CT molecular complexity index is 1020. The molecule has 0 atom stereocenters. The van der Waals surface area contributed by atoms with Crippen LogP contribution < -0.4 is 4.74 Å². The average Bonchev–Trinajstić information content (AvgIpc) is 2.73. The van der Waals surface area contributed by atoms with Crippen molar-refractivity contribution >= 4 is 23.8 Å². The first kappa shape index (κ1) is 21.3. The van der Waals surface area contributed by atoms with Crippen LogP contribution in [-0.2, 0) is 14.3 Å². The van der Waals surface area contributed by atoms with Crippen LogP contribution in [0.3, 0.4) is 0 Å². The van der Waals surface area contributed by atoms with Crippen molar-refractivity contribution in [1.29, 1.82) is 0 Å². The van der Waals surface area contributed by atoms with Crippen molar-refractivity contribution in [3.8, 4) is 17.6 Å². The van der Waals surface area contributed by atoms with Gasteiger partial charge in [0.05, 0.1) is 12.0 Å². The summed E-state index contributed by atoms with van der Waals surface area (Å²) in [5.41, 5.74) is 1.16. The van der Waals surface area contributed by atoms with E-state index in [-0.39, 0.29) is 23.5 Å². The van der Waals surface area contributed by atoms with E-state index in [0.717, 1.165) is 12.1 Å². The number of allylic oxidation sites excluding steroid dienone is 1. The Morgan fingerprint density at radius 1 is 1.14 bits per heavy atom. The van der Waals surface area contributed by atoms with E-state index in [2.05, 4.69) is 23.2 Å². The van der Waals surface area contributed by atoms with Crippen LogP contribution in [-0.4, -0.2) is 17.7 Å². The molecule has 0 N–H and O–H groups in total. The van der Waals surface area contributed by atoms with Crippen molar-refractivity contribution in [2.24, 2.45) is 0 Å². The molecule has 0 heterocycles. The standard InChI is InChI=1S/C23H15FO5/c1-3-19(25)6-4-5-16-7-11-18(12-8-16)23(27)29-21-13-9-17(15-20(21)24)10-14-22(26)28-2/h2-3,7-15H,1,6H2/b14-10+. The number of hydrogen-bond acceptors (Lipinski definition) is 5. The molecule has 0 fully saturated rings. The molecule has 0 unspecified atom stereocenters. The zero-order chi connectivity index (χ0) is 21.2. The lowest BCUT2D eigenvalue weighted by molar-refractivity contribution is -0.132. The predicted octanol–water partition coefficient (Wildman–Crippen LogP) is 3.77. The third-order valence-corrected chi connectivity index (χ3v) is 3.53. The van der Waals surface area contributed by atoms with Crippen LogP contribution in [0, 0.1) is 24.8 Å². The van der Waals surface area contributed by atoms with Crippen molar-refractivity contribution in [3.63, 3.8) is 0 Å². The second-order valence-corrected chi connectivity index (χ2v) is 5.58. The molecule has 2 radical (unpaired) electrons. The first-order valence-corrected chi connectivity index (χ1v) is 8.27. The van der Waals surface area contributed by atoms with Gasteiger partial charge in [0.2, 0.25) is 0 Å². The van der Waals surface area contributed by atoms with Crippen molar-refractivity contribution in [3.05, 3.63) is 90.8 Å². The summed E-state index contributed by atoms with van der Waals surface area (Å²) in [5.74, 6) is 2.72. The zero-order valence-corrected chi connectivity index (χ0v) is 15.2. The summed E-state index contributed by atoms with van der Waals surface area (Å²) in [4.78, 5) is 34.2. The molecule has 5 nitrogen and oxygen atoms in total. The van der Waals surface area contributed by atoms with Gasteiger partial charge < -0.3 is 9.47 Å². The van der Waals surface area contributed by atoms with E-state index in [4.69, 9.17) is 11.8 Å². The van der Waals surface area contributed by atoms with Crippen LogP contribution in [0.25, 0.3) is 6.08 Å². The van der Waals surface area contributed by atoms with E-state index in [1.165, 1.54) is 36.4 Å². The van der Waals surface area contributed by atoms with Crippen LogP contribution in [0.15, 0.2) is 61.2 Å². The Balaban J connectivity index is 2.04. The lowest BCUT2D eigenvalue weighted by Crippen LogP contribution is -2.09. The zero-order valence-electron chi connectivity index (χ0n) is 15.2. The summed E-state index contributed by atoms with van der Waals surface area (Å²) < 4.78 is 23.1. The number of rotatable bonds is 6. The Hall–Kier alpha value is -3.98. The van der Waals surface area contributed by atoms with Crippen LogP contribution in [0.5, 0.6) is 5.75 Å². The van der Waals surface area contributed by atoms with Gasteiger partial charge in [-0.05, 0) is 54.1 Å². The fourth-order valence-electron chi connectivity index (χ4n) is 2.06. The van der Waals surface area contributed by atoms with Gasteiger partial charge in [0.15, 0.2) is 24.5 Å². The monoisotopic (exact) mass is 390 g/mol. The molecule has 0 bridgehead atoms. The first-order chi connectivity index (χ1) is 13.9. The van der Waals surface area contributed by atoms with Gasteiger partial charge in [-0.1, -0.05) is 24.5 Å². The summed E-state index contributed by atoms with van der Waals surface area (Å²) >= 11 is 0. The van der Waals surface area contributed by atoms with Crippen molar-refractivity contribution in [2.75, 3.05) is 0 Å². The van der Waals surface area contributed by atoms with E-state index < -0.39 is 17.8 Å². The maximum Gasteiger partial charge on any atom is 0.343 e. The lowest BCUT2D eigenvalue weighted by Gasteiger charge is -2.06. The average molecular weight is 390 g/mol. The molecule has 2 rings (SSSR count). The van der Waals surface area contributed by atoms with Gasteiger partial charge in [-0.3, -0.25) is 4.79 Å². The number of ether oxygens (including phenoxy) is 2. The summed E-state index contributed by atoms with van der Waals surface area (Å²) in [6.07, 6.45) is 3.58. The van der Waals surface area contributed by atoms with Gasteiger partial charge in [-0.25, -0.2) is 14.0 Å². The van der Waals surface area contributed by atoms with Crippen LogP contribution in [0.4, 0.5) is 4.39 Å². The number of ketones is 1. The first-order valence-electron chi connectivity index (χ1n) is 8.27. The molecule has 0 saturated heterocycles. The number of esters is 2. The summed E-state index contributed by atoms with van der Waals surface area (Å²) in [5, 5.41) is 0. The van der Waals surface area contributed by atoms with Crippen molar-refractivity contribution in [2.45, 2.75) is 6.42 Å². The minimum atomic E-state index is -0.790. The third kappa shape index (κ3) is 6.60.